The van der Waals surface area contributed by atoms with E-state index in [1.807, 2.05) is 13.8 Å². The normalized spacial score (nSPS) is 12.2. The molecule has 1 aromatic heterocycles. The number of carbonyl (C=O) groups is 1. The highest BCUT2D eigenvalue weighted by Gasteiger charge is 2.19. The van der Waals surface area contributed by atoms with E-state index in [1.165, 1.54) is 19.5 Å². The van der Waals surface area contributed by atoms with Crippen molar-refractivity contribution >= 4 is 11.8 Å². The van der Waals surface area contributed by atoms with Gasteiger partial charge in [-0.3, -0.25) is 4.98 Å². The molecule has 94 valence electrons. The fraction of sp³-hybridized carbons (Fsp3) is 0.545. The third-order valence-electron chi connectivity index (χ3n) is 2.15. The molecule has 0 fully saturated rings. The number of hydrogen-bond donors (Lipinski definition) is 2. The van der Waals surface area contributed by atoms with Crippen molar-refractivity contribution in [3.63, 3.8) is 0 Å². The summed E-state index contributed by atoms with van der Waals surface area (Å²) in [5, 5.41) is 11.9. The van der Waals surface area contributed by atoms with Crippen molar-refractivity contribution in [2.75, 3.05) is 12.4 Å². The van der Waals surface area contributed by atoms with Gasteiger partial charge in [-0.05, 0) is 12.3 Å². The van der Waals surface area contributed by atoms with Gasteiger partial charge in [0.25, 0.3) is 0 Å². The Hall–Kier alpha value is -1.85. The van der Waals surface area contributed by atoms with Crippen molar-refractivity contribution in [3.8, 4) is 5.88 Å². The Balaban J connectivity index is 2.74. The highest BCUT2D eigenvalue weighted by molar-refractivity contribution is 5.76. The van der Waals surface area contributed by atoms with Crippen LogP contribution in [-0.4, -0.2) is 34.2 Å². The van der Waals surface area contributed by atoms with Gasteiger partial charge >= 0.3 is 5.97 Å². The molecule has 0 aliphatic heterocycles. The van der Waals surface area contributed by atoms with Gasteiger partial charge in [-0.15, -0.1) is 0 Å². The van der Waals surface area contributed by atoms with Gasteiger partial charge in [-0.25, -0.2) is 4.79 Å². The van der Waals surface area contributed by atoms with Crippen LogP contribution in [0.15, 0.2) is 12.4 Å². The summed E-state index contributed by atoms with van der Waals surface area (Å²) in [6, 6.07) is -0.670. The van der Waals surface area contributed by atoms with Crippen molar-refractivity contribution < 1.29 is 14.6 Å². The minimum atomic E-state index is -0.900. The molecule has 6 heteroatoms. The zero-order valence-electron chi connectivity index (χ0n) is 10.2. The average Bonchev–Trinajstić information content (AvgIpc) is 2.27. The van der Waals surface area contributed by atoms with Gasteiger partial charge in [0.2, 0.25) is 5.88 Å². The number of anilines is 1. The predicted octanol–water partition coefficient (Wildman–Crippen LogP) is 1.40. The number of hydrogen-bond acceptors (Lipinski definition) is 5. The summed E-state index contributed by atoms with van der Waals surface area (Å²) < 4.78 is 4.92. The standard InChI is InChI=1S/C11H17N3O3/c1-7(2)4-8(11(15)16)13-9-5-12-6-10(14-9)17-3/h5-8H,4H2,1-3H3,(H,13,14)(H,15,16). The van der Waals surface area contributed by atoms with Crippen LogP contribution in [0.5, 0.6) is 5.88 Å². The lowest BCUT2D eigenvalue weighted by molar-refractivity contribution is -0.138. The summed E-state index contributed by atoms with van der Waals surface area (Å²) in [4.78, 5) is 19.0. The number of carboxylic acids is 1. The Morgan fingerprint density at radius 3 is 2.76 bits per heavy atom. The summed E-state index contributed by atoms with van der Waals surface area (Å²) in [6.07, 6.45) is 3.45. The molecule has 0 radical (unpaired) electrons. The number of nitrogens with one attached hydrogen (secondary N) is 1. The second-order valence-corrected chi connectivity index (χ2v) is 4.11. The number of carboxylic acid groups (broad SMARTS) is 1. The number of methoxy groups -OCH3 is 1. The van der Waals surface area contributed by atoms with E-state index in [9.17, 15) is 4.79 Å². The molecule has 6 nitrogen and oxygen atoms in total. The fourth-order valence-corrected chi connectivity index (χ4v) is 1.39. The summed E-state index contributed by atoms with van der Waals surface area (Å²) in [6.45, 7) is 3.93. The first-order valence-corrected chi connectivity index (χ1v) is 5.38. The Morgan fingerprint density at radius 2 is 2.24 bits per heavy atom. The molecule has 1 atom stereocenters. The van der Waals surface area contributed by atoms with E-state index in [0.29, 0.717) is 18.1 Å². The summed E-state index contributed by atoms with van der Waals surface area (Å²) in [5.74, 6) is 0.131. The van der Waals surface area contributed by atoms with Crippen LogP contribution in [0.25, 0.3) is 0 Å². The molecule has 0 spiro atoms. The molecule has 0 aliphatic carbocycles. The Kier molecular flexibility index (Phi) is 4.68. The number of aliphatic carboxylic acids is 1. The zero-order chi connectivity index (χ0) is 12.8. The van der Waals surface area contributed by atoms with E-state index in [0.717, 1.165) is 0 Å². The highest BCUT2D eigenvalue weighted by atomic mass is 16.5. The van der Waals surface area contributed by atoms with Crippen molar-refractivity contribution in [2.45, 2.75) is 26.3 Å². The van der Waals surface area contributed by atoms with Gasteiger partial charge in [-0.1, -0.05) is 13.8 Å². The SMILES string of the molecule is COc1cncc(NC(CC(C)C)C(=O)O)n1. The summed E-state index contributed by atoms with van der Waals surface area (Å²) in [5.41, 5.74) is 0. The van der Waals surface area contributed by atoms with E-state index >= 15 is 0 Å². The van der Waals surface area contributed by atoms with Crippen LogP contribution in [-0.2, 0) is 4.79 Å². The number of ether oxygens (including phenoxy) is 1. The van der Waals surface area contributed by atoms with Crippen LogP contribution in [0.3, 0.4) is 0 Å². The van der Waals surface area contributed by atoms with Gasteiger partial charge in [0.1, 0.15) is 11.9 Å². The first kappa shape index (κ1) is 13.2. The molecule has 1 heterocycles. The largest absolute Gasteiger partial charge is 0.480 e. The average molecular weight is 239 g/mol. The molecule has 1 unspecified atom stereocenters. The number of rotatable bonds is 6. The molecule has 1 aromatic rings. The van der Waals surface area contributed by atoms with Gasteiger partial charge < -0.3 is 15.2 Å². The van der Waals surface area contributed by atoms with Crippen molar-refractivity contribution in [3.05, 3.63) is 12.4 Å². The van der Waals surface area contributed by atoms with Crippen LogP contribution in [0.2, 0.25) is 0 Å². The highest BCUT2D eigenvalue weighted by Crippen LogP contribution is 2.13. The lowest BCUT2D eigenvalue weighted by atomic mass is 10.0. The minimum absolute atomic E-state index is 0.280. The predicted molar refractivity (Wildman–Crippen MR) is 63.1 cm³/mol. The Labute approximate surface area is 100 Å². The first-order valence-electron chi connectivity index (χ1n) is 5.38. The van der Waals surface area contributed by atoms with E-state index in [1.54, 1.807) is 0 Å². The number of nitrogens with zero attached hydrogens (tertiary/aromatic N) is 2. The van der Waals surface area contributed by atoms with E-state index < -0.39 is 12.0 Å². The maximum atomic E-state index is 11.1. The van der Waals surface area contributed by atoms with Gasteiger partial charge in [0, 0.05) is 0 Å². The third kappa shape index (κ3) is 4.26. The maximum absolute atomic E-state index is 11.1. The van der Waals surface area contributed by atoms with Crippen LogP contribution in [0.4, 0.5) is 5.82 Å². The number of aromatic nitrogens is 2. The summed E-state index contributed by atoms with van der Waals surface area (Å²) in [7, 11) is 1.48. The van der Waals surface area contributed by atoms with Gasteiger partial charge in [-0.2, -0.15) is 4.98 Å². The van der Waals surface area contributed by atoms with Crippen LogP contribution < -0.4 is 10.1 Å². The van der Waals surface area contributed by atoms with Crippen LogP contribution in [0, 0.1) is 5.92 Å². The topological polar surface area (TPSA) is 84.3 Å². The zero-order valence-corrected chi connectivity index (χ0v) is 10.2. The van der Waals surface area contributed by atoms with Crippen molar-refractivity contribution in [1.82, 2.24) is 9.97 Å². The van der Waals surface area contributed by atoms with Gasteiger partial charge in [0.05, 0.1) is 19.5 Å². The van der Waals surface area contributed by atoms with Crippen molar-refractivity contribution in [1.29, 1.82) is 0 Å². The maximum Gasteiger partial charge on any atom is 0.326 e. The Morgan fingerprint density at radius 1 is 1.53 bits per heavy atom. The van der Waals surface area contributed by atoms with E-state index in [4.69, 9.17) is 9.84 Å². The Bertz CT molecular complexity index is 382. The molecule has 0 bridgehead atoms. The molecule has 1 rings (SSSR count). The molecular formula is C11H17N3O3. The summed E-state index contributed by atoms with van der Waals surface area (Å²) >= 11 is 0. The fourth-order valence-electron chi connectivity index (χ4n) is 1.39. The lowest BCUT2D eigenvalue weighted by Crippen LogP contribution is -2.31. The van der Waals surface area contributed by atoms with Crippen LogP contribution >= 0.6 is 0 Å². The van der Waals surface area contributed by atoms with Crippen molar-refractivity contribution in [2.24, 2.45) is 5.92 Å². The van der Waals surface area contributed by atoms with Gasteiger partial charge in [0.15, 0.2) is 0 Å². The second-order valence-electron chi connectivity index (χ2n) is 4.11. The molecule has 0 saturated carbocycles. The van der Waals surface area contributed by atoms with E-state index in [-0.39, 0.29) is 5.92 Å². The molecule has 0 aromatic carbocycles. The molecule has 0 amide bonds. The minimum Gasteiger partial charge on any atom is -0.480 e. The second kappa shape index (κ2) is 6.03. The molecule has 2 N–H and O–H groups in total. The van der Waals surface area contributed by atoms with Crippen LogP contribution in [0.1, 0.15) is 20.3 Å². The molecule has 17 heavy (non-hydrogen) atoms. The first-order chi connectivity index (χ1) is 8.02. The smallest absolute Gasteiger partial charge is 0.326 e. The molecule has 0 saturated heterocycles. The quantitative estimate of drug-likeness (QED) is 0.780. The third-order valence-corrected chi connectivity index (χ3v) is 2.15. The monoisotopic (exact) mass is 239 g/mol. The molecule has 0 aliphatic rings. The molecular weight excluding hydrogens is 222 g/mol. The lowest BCUT2D eigenvalue weighted by Gasteiger charge is -2.16. The van der Waals surface area contributed by atoms with E-state index in [2.05, 4.69) is 15.3 Å².